The lowest BCUT2D eigenvalue weighted by molar-refractivity contribution is 0.346. The molecule has 1 aliphatic rings. The third kappa shape index (κ3) is 4.11. The Balaban J connectivity index is 1.63. The Hall–Kier alpha value is -2.69. The summed E-state index contributed by atoms with van der Waals surface area (Å²) in [6.45, 7) is 0.928. The number of anilines is 1. The number of piperidine rings is 1. The van der Waals surface area contributed by atoms with E-state index in [0.29, 0.717) is 18.5 Å². The average Bonchev–Trinajstić information content (AvgIpc) is 2.74. The predicted molar refractivity (Wildman–Crippen MR) is 112 cm³/mol. The first-order chi connectivity index (χ1) is 14.3. The molecule has 1 saturated heterocycles. The van der Waals surface area contributed by atoms with Crippen molar-refractivity contribution in [3.63, 3.8) is 0 Å². The molecule has 3 aromatic rings. The summed E-state index contributed by atoms with van der Waals surface area (Å²) in [5.74, 6) is 0. The summed E-state index contributed by atoms with van der Waals surface area (Å²) >= 11 is 0. The highest BCUT2D eigenvalue weighted by Crippen LogP contribution is 2.25. The fourth-order valence-electron chi connectivity index (χ4n) is 3.41. The van der Waals surface area contributed by atoms with Crippen molar-refractivity contribution in [2.75, 3.05) is 17.8 Å². The van der Waals surface area contributed by atoms with Crippen molar-refractivity contribution in [2.24, 2.45) is 0 Å². The van der Waals surface area contributed by atoms with Gasteiger partial charge in [-0.3, -0.25) is 4.72 Å². The first-order valence-corrected chi connectivity index (χ1v) is 12.3. The van der Waals surface area contributed by atoms with Gasteiger partial charge in [-0.25, -0.2) is 21.6 Å². The number of hydrogen-bond acceptors (Lipinski definition) is 6. The van der Waals surface area contributed by atoms with Crippen LogP contribution in [0.5, 0.6) is 0 Å². The van der Waals surface area contributed by atoms with E-state index in [2.05, 4.69) is 4.72 Å². The van der Waals surface area contributed by atoms with Crippen molar-refractivity contribution in [2.45, 2.75) is 29.1 Å². The van der Waals surface area contributed by atoms with Gasteiger partial charge in [-0.1, -0.05) is 12.5 Å². The lowest BCUT2D eigenvalue weighted by Gasteiger charge is -2.26. The van der Waals surface area contributed by atoms with Gasteiger partial charge in [0, 0.05) is 24.5 Å². The SMILES string of the molecule is O=c1ccc2cc(S(=O)(=O)Nc3cccc(S(=O)(=O)N4CCCCC4)c3)ccc2o1. The maximum absolute atomic E-state index is 12.9. The summed E-state index contributed by atoms with van der Waals surface area (Å²) in [4.78, 5) is 11.3. The summed E-state index contributed by atoms with van der Waals surface area (Å²) in [5, 5.41) is 0.457. The lowest BCUT2D eigenvalue weighted by atomic mass is 10.2. The van der Waals surface area contributed by atoms with Gasteiger partial charge in [0.2, 0.25) is 10.0 Å². The van der Waals surface area contributed by atoms with Gasteiger partial charge in [-0.05, 0) is 55.3 Å². The molecule has 0 spiro atoms. The molecule has 10 heteroatoms. The molecule has 0 atom stereocenters. The zero-order valence-corrected chi connectivity index (χ0v) is 17.6. The molecule has 0 amide bonds. The Morgan fingerprint density at radius 1 is 0.833 bits per heavy atom. The first kappa shape index (κ1) is 20.6. The molecular formula is C20H20N2O6S2. The Morgan fingerprint density at radius 3 is 2.37 bits per heavy atom. The molecule has 0 unspecified atom stereocenters. The van der Waals surface area contributed by atoms with Gasteiger partial charge in [0.1, 0.15) is 5.58 Å². The minimum Gasteiger partial charge on any atom is -0.423 e. The van der Waals surface area contributed by atoms with Crippen LogP contribution in [0.2, 0.25) is 0 Å². The maximum Gasteiger partial charge on any atom is 0.336 e. The molecule has 1 aliphatic heterocycles. The van der Waals surface area contributed by atoms with Crippen LogP contribution in [0.3, 0.4) is 0 Å². The van der Waals surface area contributed by atoms with Gasteiger partial charge in [0.25, 0.3) is 10.0 Å². The fourth-order valence-corrected chi connectivity index (χ4v) is 6.05. The smallest absolute Gasteiger partial charge is 0.336 e. The largest absolute Gasteiger partial charge is 0.423 e. The molecule has 1 N–H and O–H groups in total. The van der Waals surface area contributed by atoms with Gasteiger partial charge in [-0.2, -0.15) is 4.31 Å². The second-order valence-corrected chi connectivity index (χ2v) is 10.7. The van der Waals surface area contributed by atoms with Gasteiger partial charge in [0.05, 0.1) is 15.5 Å². The van der Waals surface area contributed by atoms with E-state index >= 15 is 0 Å². The minimum atomic E-state index is -3.98. The zero-order valence-electron chi connectivity index (χ0n) is 15.9. The Bertz CT molecular complexity index is 1360. The van der Waals surface area contributed by atoms with E-state index < -0.39 is 25.7 Å². The zero-order chi connectivity index (χ0) is 21.4. The van der Waals surface area contributed by atoms with Gasteiger partial charge in [-0.15, -0.1) is 0 Å². The van der Waals surface area contributed by atoms with Crippen LogP contribution in [0.15, 0.2) is 73.6 Å². The third-order valence-corrected chi connectivity index (χ3v) is 8.21. The normalized spacial score (nSPS) is 15.9. The number of nitrogens with zero attached hydrogens (tertiary/aromatic N) is 1. The first-order valence-electron chi connectivity index (χ1n) is 9.43. The number of benzene rings is 2. The molecule has 1 fully saturated rings. The van der Waals surface area contributed by atoms with Crippen LogP contribution in [0.4, 0.5) is 5.69 Å². The molecule has 0 saturated carbocycles. The predicted octanol–water partition coefficient (Wildman–Crippen LogP) is 2.77. The second kappa shape index (κ2) is 7.86. The molecule has 4 rings (SSSR count). The van der Waals surface area contributed by atoms with E-state index in [1.807, 2.05) is 0 Å². The average molecular weight is 449 g/mol. The molecule has 158 valence electrons. The third-order valence-electron chi connectivity index (χ3n) is 4.94. The molecular weight excluding hydrogens is 428 g/mol. The summed E-state index contributed by atoms with van der Waals surface area (Å²) in [7, 11) is -7.66. The van der Waals surface area contributed by atoms with E-state index in [9.17, 15) is 21.6 Å². The van der Waals surface area contributed by atoms with Crippen LogP contribution in [-0.2, 0) is 20.0 Å². The summed E-state index contributed by atoms with van der Waals surface area (Å²) in [6, 6.07) is 12.6. The van der Waals surface area contributed by atoms with Crippen LogP contribution in [0, 0.1) is 0 Å². The van der Waals surface area contributed by atoms with Gasteiger partial charge < -0.3 is 4.42 Å². The highest BCUT2D eigenvalue weighted by molar-refractivity contribution is 7.92. The van der Waals surface area contributed by atoms with E-state index in [4.69, 9.17) is 4.42 Å². The standard InChI is InChI=1S/C20H20N2O6S2/c23-20-10-7-15-13-17(8-9-19(15)28-20)29(24,25)21-16-5-4-6-18(14-16)30(26,27)22-11-2-1-3-12-22/h4-10,13-14,21H,1-3,11-12H2. The number of rotatable bonds is 5. The molecule has 0 bridgehead atoms. The number of sulfonamides is 2. The van der Waals surface area contributed by atoms with Crippen molar-refractivity contribution in [1.29, 1.82) is 0 Å². The number of nitrogens with one attached hydrogen (secondary N) is 1. The van der Waals surface area contributed by atoms with Crippen LogP contribution in [0.25, 0.3) is 11.0 Å². The lowest BCUT2D eigenvalue weighted by Crippen LogP contribution is -2.35. The highest BCUT2D eigenvalue weighted by atomic mass is 32.2. The summed E-state index contributed by atoms with van der Waals surface area (Å²) in [6.07, 6.45) is 2.63. The Labute approximate surface area is 174 Å². The highest BCUT2D eigenvalue weighted by Gasteiger charge is 2.26. The fraction of sp³-hybridized carbons (Fsp3) is 0.250. The van der Waals surface area contributed by atoms with Crippen molar-refractivity contribution < 1.29 is 21.3 Å². The minimum absolute atomic E-state index is 0.0341. The van der Waals surface area contributed by atoms with E-state index in [1.165, 1.54) is 58.9 Å². The molecule has 0 aliphatic carbocycles. The Kier molecular flexibility index (Phi) is 5.39. The topological polar surface area (TPSA) is 114 Å². The van der Waals surface area contributed by atoms with Crippen LogP contribution in [0.1, 0.15) is 19.3 Å². The van der Waals surface area contributed by atoms with Crippen LogP contribution >= 0.6 is 0 Å². The van der Waals surface area contributed by atoms with Gasteiger partial charge in [0.15, 0.2) is 0 Å². The van der Waals surface area contributed by atoms with Crippen LogP contribution in [-0.4, -0.2) is 34.2 Å². The molecule has 30 heavy (non-hydrogen) atoms. The Morgan fingerprint density at radius 2 is 1.60 bits per heavy atom. The monoisotopic (exact) mass is 448 g/mol. The summed E-state index contributed by atoms with van der Waals surface area (Å²) in [5.41, 5.74) is -0.105. The van der Waals surface area contributed by atoms with Crippen LogP contribution < -0.4 is 10.3 Å². The second-order valence-electron chi connectivity index (χ2n) is 7.05. The molecule has 1 aromatic heterocycles. The van der Waals surface area contributed by atoms with Crippen molar-refractivity contribution in [3.05, 3.63) is 65.0 Å². The molecule has 2 heterocycles. The molecule has 8 nitrogen and oxygen atoms in total. The molecule has 2 aromatic carbocycles. The quantitative estimate of drug-likeness (QED) is 0.601. The van der Waals surface area contributed by atoms with Gasteiger partial charge >= 0.3 is 5.63 Å². The molecule has 0 radical (unpaired) electrons. The van der Waals surface area contributed by atoms with Crippen molar-refractivity contribution in [3.8, 4) is 0 Å². The van der Waals surface area contributed by atoms with Crippen molar-refractivity contribution in [1.82, 2.24) is 4.31 Å². The maximum atomic E-state index is 12.9. The van der Waals surface area contributed by atoms with E-state index in [0.717, 1.165) is 19.3 Å². The number of fused-ring (bicyclic) bond motifs is 1. The number of hydrogen-bond donors (Lipinski definition) is 1. The van der Waals surface area contributed by atoms with Crippen molar-refractivity contribution >= 4 is 36.7 Å². The van der Waals surface area contributed by atoms with E-state index in [-0.39, 0.29) is 21.1 Å². The summed E-state index contributed by atoms with van der Waals surface area (Å²) < 4.78 is 60.2. The van der Waals surface area contributed by atoms with E-state index in [1.54, 1.807) is 0 Å².